The van der Waals surface area contributed by atoms with Gasteiger partial charge in [-0.1, -0.05) is 6.92 Å². The van der Waals surface area contributed by atoms with E-state index in [9.17, 15) is 9.59 Å². The van der Waals surface area contributed by atoms with Gasteiger partial charge in [-0.3, -0.25) is 9.59 Å². The molecule has 1 unspecified atom stereocenters. The van der Waals surface area contributed by atoms with Crippen LogP contribution in [0.1, 0.15) is 23.8 Å². The Balaban J connectivity index is 1.89. The molecule has 0 spiro atoms. The van der Waals surface area contributed by atoms with Crippen LogP contribution in [0.2, 0.25) is 0 Å². The SMILES string of the molecule is CC(CCNC(=O)c1csc(-c2ccsc2)n1)C(=O)O. The van der Waals surface area contributed by atoms with Crippen LogP contribution in [0.5, 0.6) is 0 Å². The predicted octanol–water partition coefficient (Wildman–Crippen LogP) is 2.71. The first-order valence-electron chi connectivity index (χ1n) is 6.07. The number of nitrogens with zero attached hydrogens (tertiary/aromatic N) is 1. The largest absolute Gasteiger partial charge is 0.481 e. The quantitative estimate of drug-likeness (QED) is 0.860. The fraction of sp³-hybridized carbons (Fsp3) is 0.308. The molecule has 7 heteroatoms. The highest BCUT2D eigenvalue weighted by atomic mass is 32.1. The lowest BCUT2D eigenvalue weighted by atomic mass is 10.1. The van der Waals surface area contributed by atoms with E-state index in [2.05, 4.69) is 10.3 Å². The highest BCUT2D eigenvalue weighted by Crippen LogP contribution is 2.25. The molecule has 0 aliphatic rings. The Kier molecular flexibility index (Phi) is 4.86. The van der Waals surface area contributed by atoms with Gasteiger partial charge in [0.15, 0.2) is 0 Å². The summed E-state index contributed by atoms with van der Waals surface area (Å²) in [6.07, 6.45) is 0.405. The molecule has 0 saturated heterocycles. The van der Waals surface area contributed by atoms with Crippen LogP contribution in [0, 0.1) is 5.92 Å². The zero-order valence-electron chi connectivity index (χ0n) is 10.8. The summed E-state index contributed by atoms with van der Waals surface area (Å²) in [6.45, 7) is 1.95. The molecule has 1 amide bonds. The molecule has 20 heavy (non-hydrogen) atoms. The fourth-order valence-corrected chi connectivity index (χ4v) is 3.03. The van der Waals surface area contributed by atoms with E-state index in [-0.39, 0.29) is 5.91 Å². The van der Waals surface area contributed by atoms with Crippen molar-refractivity contribution >= 4 is 34.6 Å². The van der Waals surface area contributed by atoms with Gasteiger partial charge in [0.2, 0.25) is 0 Å². The molecule has 0 radical (unpaired) electrons. The molecule has 0 aliphatic heterocycles. The summed E-state index contributed by atoms with van der Waals surface area (Å²) in [4.78, 5) is 26.8. The minimum atomic E-state index is -0.854. The third kappa shape index (κ3) is 3.64. The van der Waals surface area contributed by atoms with Crippen LogP contribution in [-0.4, -0.2) is 28.5 Å². The standard InChI is InChI=1S/C13H14N2O3S2/c1-8(13(17)18)2-4-14-11(16)10-7-20-12(15-10)9-3-5-19-6-9/h3,5-8H,2,4H2,1H3,(H,14,16)(H,17,18). The maximum Gasteiger partial charge on any atom is 0.306 e. The molecular formula is C13H14N2O3S2. The van der Waals surface area contributed by atoms with Gasteiger partial charge in [-0.05, 0) is 17.9 Å². The third-order valence-corrected chi connectivity index (χ3v) is 4.36. The number of aliphatic carboxylic acids is 1. The normalized spacial score (nSPS) is 12.1. The molecule has 0 aromatic carbocycles. The Labute approximate surface area is 124 Å². The van der Waals surface area contributed by atoms with Crippen molar-refractivity contribution in [2.45, 2.75) is 13.3 Å². The molecule has 5 nitrogen and oxygen atoms in total. The van der Waals surface area contributed by atoms with E-state index in [1.807, 2.05) is 16.8 Å². The summed E-state index contributed by atoms with van der Waals surface area (Å²) >= 11 is 3.00. The van der Waals surface area contributed by atoms with Gasteiger partial charge in [-0.2, -0.15) is 11.3 Å². The number of aromatic nitrogens is 1. The van der Waals surface area contributed by atoms with Crippen molar-refractivity contribution in [1.82, 2.24) is 10.3 Å². The lowest BCUT2D eigenvalue weighted by molar-refractivity contribution is -0.141. The predicted molar refractivity (Wildman–Crippen MR) is 79.2 cm³/mol. The summed E-state index contributed by atoms with van der Waals surface area (Å²) in [5.74, 6) is -1.58. The van der Waals surface area contributed by atoms with Crippen LogP contribution >= 0.6 is 22.7 Å². The second-order valence-electron chi connectivity index (χ2n) is 4.33. The molecule has 1 atom stereocenters. The third-order valence-electron chi connectivity index (χ3n) is 2.79. The van der Waals surface area contributed by atoms with Crippen LogP contribution in [0.3, 0.4) is 0 Å². The van der Waals surface area contributed by atoms with Crippen molar-refractivity contribution in [3.63, 3.8) is 0 Å². The van der Waals surface area contributed by atoms with E-state index in [1.165, 1.54) is 11.3 Å². The van der Waals surface area contributed by atoms with Gasteiger partial charge in [-0.15, -0.1) is 11.3 Å². The highest BCUT2D eigenvalue weighted by molar-refractivity contribution is 7.14. The van der Waals surface area contributed by atoms with Crippen molar-refractivity contribution in [3.8, 4) is 10.6 Å². The first-order chi connectivity index (χ1) is 9.58. The summed E-state index contributed by atoms with van der Waals surface area (Å²) in [5.41, 5.74) is 1.39. The van der Waals surface area contributed by atoms with E-state index in [1.54, 1.807) is 23.6 Å². The molecule has 0 saturated carbocycles. The van der Waals surface area contributed by atoms with Crippen LogP contribution in [-0.2, 0) is 4.79 Å². The van der Waals surface area contributed by atoms with E-state index in [0.717, 1.165) is 10.6 Å². The lowest BCUT2D eigenvalue weighted by Crippen LogP contribution is -2.27. The van der Waals surface area contributed by atoms with Gasteiger partial charge in [-0.25, -0.2) is 4.98 Å². The Bertz CT molecular complexity index is 593. The monoisotopic (exact) mass is 310 g/mol. The second kappa shape index (κ2) is 6.62. The van der Waals surface area contributed by atoms with Crippen molar-refractivity contribution < 1.29 is 14.7 Å². The molecule has 106 valence electrons. The van der Waals surface area contributed by atoms with Crippen molar-refractivity contribution in [2.75, 3.05) is 6.54 Å². The van der Waals surface area contributed by atoms with Gasteiger partial charge >= 0.3 is 5.97 Å². The van der Waals surface area contributed by atoms with Crippen molar-refractivity contribution in [2.24, 2.45) is 5.92 Å². The molecule has 0 fully saturated rings. The summed E-state index contributed by atoms with van der Waals surface area (Å²) in [5, 5.41) is 17.9. The fourth-order valence-electron chi connectivity index (χ4n) is 1.51. The number of hydrogen-bond donors (Lipinski definition) is 2. The number of carboxylic acid groups (broad SMARTS) is 1. The minimum Gasteiger partial charge on any atom is -0.481 e. The first-order valence-corrected chi connectivity index (χ1v) is 7.89. The Morgan fingerprint density at radius 3 is 2.90 bits per heavy atom. The Morgan fingerprint density at radius 1 is 1.45 bits per heavy atom. The Morgan fingerprint density at radius 2 is 2.25 bits per heavy atom. The number of carbonyl (C=O) groups excluding carboxylic acids is 1. The second-order valence-corrected chi connectivity index (χ2v) is 5.97. The van der Waals surface area contributed by atoms with E-state index >= 15 is 0 Å². The van der Waals surface area contributed by atoms with E-state index < -0.39 is 11.9 Å². The number of thiophene rings is 1. The first kappa shape index (κ1) is 14.7. The van der Waals surface area contributed by atoms with Crippen LogP contribution in [0.4, 0.5) is 0 Å². The molecule has 0 bridgehead atoms. The maximum absolute atomic E-state index is 11.9. The van der Waals surface area contributed by atoms with E-state index in [4.69, 9.17) is 5.11 Å². The summed E-state index contributed by atoms with van der Waals surface area (Å²) < 4.78 is 0. The van der Waals surface area contributed by atoms with Gasteiger partial charge in [0.1, 0.15) is 10.7 Å². The van der Waals surface area contributed by atoms with Crippen molar-refractivity contribution in [1.29, 1.82) is 0 Å². The number of rotatable bonds is 6. The lowest BCUT2D eigenvalue weighted by Gasteiger charge is -2.06. The number of nitrogens with one attached hydrogen (secondary N) is 1. The van der Waals surface area contributed by atoms with E-state index in [0.29, 0.717) is 18.7 Å². The molecule has 2 N–H and O–H groups in total. The average Bonchev–Trinajstić information content (AvgIpc) is 3.08. The number of thiazole rings is 1. The number of amides is 1. The van der Waals surface area contributed by atoms with Crippen molar-refractivity contribution in [3.05, 3.63) is 27.9 Å². The van der Waals surface area contributed by atoms with Gasteiger partial charge < -0.3 is 10.4 Å². The summed E-state index contributed by atoms with van der Waals surface area (Å²) in [6, 6.07) is 1.96. The molecule has 2 aromatic rings. The molecular weight excluding hydrogens is 296 g/mol. The smallest absolute Gasteiger partial charge is 0.306 e. The van der Waals surface area contributed by atoms with Crippen LogP contribution in [0.25, 0.3) is 10.6 Å². The molecule has 2 rings (SSSR count). The molecule has 0 aliphatic carbocycles. The molecule has 2 aromatic heterocycles. The zero-order chi connectivity index (χ0) is 14.5. The van der Waals surface area contributed by atoms with Gasteiger partial charge in [0, 0.05) is 22.9 Å². The van der Waals surface area contributed by atoms with Crippen LogP contribution < -0.4 is 5.32 Å². The topological polar surface area (TPSA) is 79.3 Å². The Hall–Kier alpha value is -1.73. The van der Waals surface area contributed by atoms with Crippen LogP contribution in [0.15, 0.2) is 22.2 Å². The number of hydrogen-bond acceptors (Lipinski definition) is 5. The maximum atomic E-state index is 11.9. The average molecular weight is 310 g/mol. The highest BCUT2D eigenvalue weighted by Gasteiger charge is 2.14. The number of carboxylic acids is 1. The zero-order valence-corrected chi connectivity index (χ0v) is 12.5. The number of carbonyl (C=O) groups is 2. The van der Waals surface area contributed by atoms with Gasteiger partial charge in [0.25, 0.3) is 5.91 Å². The minimum absolute atomic E-state index is 0.264. The summed E-state index contributed by atoms with van der Waals surface area (Å²) in [7, 11) is 0. The van der Waals surface area contributed by atoms with Gasteiger partial charge in [0.05, 0.1) is 5.92 Å². The molecule has 2 heterocycles.